The third-order valence-corrected chi connectivity index (χ3v) is 5.47. The molecule has 1 aliphatic rings. The highest BCUT2D eigenvalue weighted by Gasteiger charge is 2.31. The molecule has 1 aliphatic carbocycles. The molecule has 0 spiro atoms. The molecule has 3 aromatic rings. The summed E-state index contributed by atoms with van der Waals surface area (Å²) in [6, 6.07) is 18.7. The predicted molar refractivity (Wildman–Crippen MR) is 112 cm³/mol. The molecule has 1 N–H and O–H groups in total. The van der Waals surface area contributed by atoms with Gasteiger partial charge in [0, 0.05) is 18.3 Å². The molecule has 0 saturated carbocycles. The van der Waals surface area contributed by atoms with Crippen LogP contribution in [0.3, 0.4) is 0 Å². The fourth-order valence-corrected chi connectivity index (χ4v) is 3.86. The molecular formula is C24H22N2O4. The van der Waals surface area contributed by atoms with Crippen LogP contribution < -0.4 is 0 Å². The Balaban J connectivity index is 1.54. The fourth-order valence-electron chi connectivity index (χ4n) is 3.86. The van der Waals surface area contributed by atoms with Gasteiger partial charge < -0.3 is 9.84 Å². The van der Waals surface area contributed by atoms with Crippen LogP contribution in [0.4, 0.5) is 4.79 Å². The minimum Gasteiger partial charge on any atom is -0.480 e. The van der Waals surface area contributed by atoms with E-state index in [2.05, 4.69) is 17.1 Å². The van der Waals surface area contributed by atoms with E-state index in [1.54, 1.807) is 24.5 Å². The number of amides is 1. The van der Waals surface area contributed by atoms with E-state index in [1.807, 2.05) is 36.4 Å². The van der Waals surface area contributed by atoms with E-state index in [0.717, 1.165) is 27.8 Å². The molecular weight excluding hydrogens is 380 g/mol. The topological polar surface area (TPSA) is 79.7 Å². The van der Waals surface area contributed by atoms with E-state index in [9.17, 15) is 14.7 Å². The van der Waals surface area contributed by atoms with Crippen LogP contribution in [0, 0.1) is 0 Å². The van der Waals surface area contributed by atoms with E-state index in [1.165, 1.54) is 11.8 Å². The van der Waals surface area contributed by atoms with Crippen LogP contribution in [-0.2, 0) is 16.1 Å². The molecule has 1 amide bonds. The zero-order valence-electron chi connectivity index (χ0n) is 16.6. The van der Waals surface area contributed by atoms with E-state index in [4.69, 9.17) is 4.74 Å². The number of carbonyl (C=O) groups is 2. The van der Waals surface area contributed by atoms with Crippen molar-refractivity contribution in [3.05, 3.63) is 89.7 Å². The standard InChI is InChI=1S/C24H22N2O4/c1-16(23(27)28)26(14-17-7-6-12-25-13-17)24(29)30-15-22-20-10-4-2-8-18(20)19-9-3-5-11-21(19)22/h2-13,16,22H,14-15H2,1H3,(H,27,28). The zero-order chi connectivity index (χ0) is 21.1. The number of hydrogen-bond donors (Lipinski definition) is 1. The fraction of sp³-hybridized carbons (Fsp3) is 0.208. The first-order valence-corrected chi connectivity index (χ1v) is 9.79. The lowest BCUT2D eigenvalue weighted by atomic mass is 9.98. The minimum atomic E-state index is -1.09. The molecule has 1 atom stereocenters. The zero-order valence-corrected chi connectivity index (χ0v) is 16.6. The Bertz CT molecular complexity index is 1020. The highest BCUT2D eigenvalue weighted by Crippen LogP contribution is 2.44. The summed E-state index contributed by atoms with van der Waals surface area (Å²) in [6.45, 7) is 1.72. The number of rotatable bonds is 6. The molecule has 0 radical (unpaired) electrons. The Morgan fingerprint density at radius 1 is 1.03 bits per heavy atom. The van der Waals surface area contributed by atoms with Gasteiger partial charge in [0.1, 0.15) is 12.6 Å². The summed E-state index contributed by atoms with van der Waals surface area (Å²) in [5.41, 5.74) is 5.23. The van der Waals surface area contributed by atoms with Crippen LogP contribution in [0.1, 0.15) is 29.5 Å². The van der Waals surface area contributed by atoms with Gasteiger partial charge in [-0.25, -0.2) is 9.59 Å². The summed E-state index contributed by atoms with van der Waals surface area (Å²) in [7, 11) is 0. The molecule has 0 saturated heterocycles. The number of aliphatic carboxylic acids is 1. The van der Waals surface area contributed by atoms with Crippen LogP contribution in [0.15, 0.2) is 73.1 Å². The minimum absolute atomic E-state index is 0.0817. The van der Waals surface area contributed by atoms with Gasteiger partial charge in [-0.1, -0.05) is 54.6 Å². The molecule has 0 aliphatic heterocycles. The molecule has 4 rings (SSSR count). The normalized spacial score (nSPS) is 13.2. The molecule has 1 aromatic heterocycles. The number of carboxylic acid groups (broad SMARTS) is 1. The molecule has 1 unspecified atom stereocenters. The molecule has 152 valence electrons. The van der Waals surface area contributed by atoms with Gasteiger partial charge in [0.05, 0.1) is 6.54 Å². The number of aromatic nitrogens is 1. The second kappa shape index (κ2) is 8.37. The maximum Gasteiger partial charge on any atom is 0.410 e. The van der Waals surface area contributed by atoms with Crippen molar-refractivity contribution in [3.8, 4) is 11.1 Å². The SMILES string of the molecule is CC(C(=O)O)N(Cc1cccnc1)C(=O)OCC1c2ccccc2-c2ccccc21. The van der Waals surface area contributed by atoms with E-state index in [0.29, 0.717) is 0 Å². The van der Waals surface area contributed by atoms with Crippen molar-refractivity contribution in [1.29, 1.82) is 0 Å². The van der Waals surface area contributed by atoms with Crippen molar-refractivity contribution in [2.45, 2.75) is 25.4 Å². The van der Waals surface area contributed by atoms with Gasteiger partial charge in [-0.3, -0.25) is 9.88 Å². The van der Waals surface area contributed by atoms with Gasteiger partial charge in [-0.2, -0.15) is 0 Å². The average molecular weight is 402 g/mol. The molecule has 30 heavy (non-hydrogen) atoms. The van der Waals surface area contributed by atoms with Crippen LogP contribution >= 0.6 is 0 Å². The first-order valence-electron chi connectivity index (χ1n) is 9.79. The van der Waals surface area contributed by atoms with Crippen LogP contribution in [0.25, 0.3) is 11.1 Å². The number of benzene rings is 2. The lowest BCUT2D eigenvalue weighted by Gasteiger charge is -2.26. The number of hydrogen-bond acceptors (Lipinski definition) is 4. The largest absolute Gasteiger partial charge is 0.480 e. The quantitative estimate of drug-likeness (QED) is 0.665. The van der Waals surface area contributed by atoms with Crippen molar-refractivity contribution in [2.24, 2.45) is 0 Å². The van der Waals surface area contributed by atoms with Crippen LogP contribution in [0.5, 0.6) is 0 Å². The Morgan fingerprint density at radius 3 is 2.23 bits per heavy atom. The summed E-state index contributed by atoms with van der Waals surface area (Å²) >= 11 is 0. The maximum absolute atomic E-state index is 12.9. The first kappa shape index (κ1) is 19.6. The van der Waals surface area contributed by atoms with Crippen molar-refractivity contribution in [2.75, 3.05) is 6.61 Å². The number of fused-ring (bicyclic) bond motifs is 3. The Kier molecular flexibility index (Phi) is 5.48. The number of pyridine rings is 1. The molecule has 1 heterocycles. The first-order chi connectivity index (χ1) is 14.6. The van der Waals surface area contributed by atoms with E-state index < -0.39 is 18.1 Å². The third-order valence-electron chi connectivity index (χ3n) is 5.47. The number of carbonyl (C=O) groups excluding carboxylic acids is 1. The van der Waals surface area contributed by atoms with E-state index >= 15 is 0 Å². The number of ether oxygens (including phenoxy) is 1. The second-order valence-corrected chi connectivity index (χ2v) is 7.31. The van der Waals surface area contributed by atoms with Crippen LogP contribution in [0.2, 0.25) is 0 Å². The number of carboxylic acids is 1. The summed E-state index contributed by atoms with van der Waals surface area (Å²) in [5, 5.41) is 9.45. The van der Waals surface area contributed by atoms with Gasteiger partial charge in [-0.05, 0) is 40.8 Å². The lowest BCUT2D eigenvalue weighted by molar-refractivity contribution is -0.142. The van der Waals surface area contributed by atoms with E-state index in [-0.39, 0.29) is 19.1 Å². The summed E-state index contributed by atoms with van der Waals surface area (Å²) in [6.07, 6.45) is 2.58. The summed E-state index contributed by atoms with van der Waals surface area (Å²) in [4.78, 5) is 29.7. The highest BCUT2D eigenvalue weighted by atomic mass is 16.6. The third kappa shape index (κ3) is 3.76. The Labute approximate surface area is 174 Å². The van der Waals surface area contributed by atoms with Gasteiger partial charge in [0.15, 0.2) is 0 Å². The van der Waals surface area contributed by atoms with Crippen molar-refractivity contribution < 1.29 is 19.4 Å². The van der Waals surface area contributed by atoms with Crippen molar-refractivity contribution in [3.63, 3.8) is 0 Å². The van der Waals surface area contributed by atoms with Gasteiger partial charge >= 0.3 is 12.1 Å². The number of nitrogens with zero attached hydrogens (tertiary/aromatic N) is 2. The van der Waals surface area contributed by atoms with Crippen molar-refractivity contribution in [1.82, 2.24) is 9.88 Å². The molecule has 6 heteroatoms. The average Bonchev–Trinajstić information content (AvgIpc) is 3.10. The molecule has 0 bridgehead atoms. The maximum atomic E-state index is 12.9. The molecule has 0 fully saturated rings. The van der Waals surface area contributed by atoms with Gasteiger partial charge in [0.25, 0.3) is 0 Å². The Hall–Kier alpha value is -3.67. The highest BCUT2D eigenvalue weighted by molar-refractivity contribution is 5.81. The monoisotopic (exact) mass is 402 g/mol. The summed E-state index contributed by atoms with van der Waals surface area (Å²) in [5.74, 6) is -1.17. The Morgan fingerprint density at radius 2 is 1.67 bits per heavy atom. The van der Waals surface area contributed by atoms with Crippen molar-refractivity contribution >= 4 is 12.1 Å². The summed E-state index contributed by atoms with van der Waals surface area (Å²) < 4.78 is 5.65. The van der Waals surface area contributed by atoms with Crippen LogP contribution in [-0.4, -0.2) is 39.7 Å². The predicted octanol–water partition coefficient (Wildman–Crippen LogP) is 4.31. The molecule has 6 nitrogen and oxygen atoms in total. The molecule has 2 aromatic carbocycles. The lowest BCUT2D eigenvalue weighted by Crippen LogP contribution is -2.43. The smallest absolute Gasteiger partial charge is 0.410 e. The van der Waals surface area contributed by atoms with Gasteiger partial charge in [-0.15, -0.1) is 0 Å². The van der Waals surface area contributed by atoms with Gasteiger partial charge in [0.2, 0.25) is 0 Å². The second-order valence-electron chi connectivity index (χ2n) is 7.31.